The molecule has 0 amide bonds. The van der Waals surface area contributed by atoms with Gasteiger partial charge in [-0.15, -0.1) is 0 Å². The fourth-order valence-corrected chi connectivity index (χ4v) is 1.29. The van der Waals surface area contributed by atoms with E-state index in [0.29, 0.717) is 13.2 Å². The molecular formula is C10H16N4O2+2. The van der Waals surface area contributed by atoms with Gasteiger partial charge in [0.15, 0.2) is 25.6 Å². The summed E-state index contributed by atoms with van der Waals surface area (Å²) >= 11 is 0. The molecule has 2 aromatic rings. The topological polar surface area (TPSA) is 36.1 Å². The van der Waals surface area contributed by atoms with Crippen LogP contribution in [0.25, 0.3) is 0 Å². The van der Waals surface area contributed by atoms with Crippen molar-refractivity contribution in [3.8, 4) is 0 Å². The molecule has 0 fully saturated rings. The largest absolute Gasteiger partial charge is 0.332 e. The summed E-state index contributed by atoms with van der Waals surface area (Å²) in [5.74, 6) is 0. The normalized spacial score (nSPS) is 10.4. The first-order chi connectivity index (χ1) is 7.74. The van der Waals surface area contributed by atoms with Crippen molar-refractivity contribution in [2.75, 3.05) is 13.2 Å². The highest BCUT2D eigenvalue weighted by Crippen LogP contribution is 1.80. The van der Waals surface area contributed by atoms with Crippen LogP contribution in [0.5, 0.6) is 0 Å². The molecule has 0 radical (unpaired) electrons. The first kappa shape index (κ1) is 10.5. The number of rotatable bonds is 5. The lowest BCUT2D eigenvalue weighted by Gasteiger charge is -1.99. The maximum absolute atomic E-state index is 5.41. The number of hydrogen-bond acceptors (Lipinski definition) is 2. The first-order valence-electron chi connectivity index (χ1n) is 5.07. The zero-order chi connectivity index (χ0) is 11.4. The van der Waals surface area contributed by atoms with Crippen molar-refractivity contribution in [1.82, 2.24) is 9.46 Å². The van der Waals surface area contributed by atoms with Crippen molar-refractivity contribution >= 4 is 0 Å². The van der Waals surface area contributed by atoms with Crippen LogP contribution in [0.1, 0.15) is 0 Å². The average Bonchev–Trinajstić information content (AvgIpc) is 2.83. The Morgan fingerprint density at radius 1 is 0.875 bits per heavy atom. The lowest BCUT2D eigenvalue weighted by molar-refractivity contribution is -0.672. The molecule has 2 rings (SSSR count). The zero-order valence-corrected chi connectivity index (χ0v) is 9.48. The van der Waals surface area contributed by atoms with E-state index < -0.39 is 0 Å². The van der Waals surface area contributed by atoms with E-state index in [1.165, 1.54) is 0 Å². The Morgan fingerprint density at radius 2 is 1.31 bits per heavy atom. The molecule has 16 heavy (non-hydrogen) atoms. The number of imidazole rings is 2. The van der Waals surface area contributed by atoms with E-state index in [9.17, 15) is 0 Å². The van der Waals surface area contributed by atoms with E-state index in [0.717, 1.165) is 0 Å². The Labute approximate surface area is 93.8 Å². The highest BCUT2D eigenvalue weighted by molar-refractivity contribution is 4.61. The van der Waals surface area contributed by atoms with Crippen molar-refractivity contribution in [2.24, 2.45) is 14.1 Å². The molecule has 0 aliphatic heterocycles. The van der Waals surface area contributed by atoms with Gasteiger partial charge in [0.2, 0.25) is 0 Å². The Morgan fingerprint density at radius 3 is 1.62 bits per heavy atom. The van der Waals surface area contributed by atoms with Crippen LogP contribution >= 0.6 is 0 Å². The molecule has 0 spiro atoms. The van der Waals surface area contributed by atoms with E-state index in [4.69, 9.17) is 9.68 Å². The van der Waals surface area contributed by atoms with Gasteiger partial charge >= 0.3 is 0 Å². The highest BCUT2D eigenvalue weighted by Gasteiger charge is 2.03. The van der Waals surface area contributed by atoms with E-state index in [-0.39, 0.29) is 0 Å². The predicted molar refractivity (Wildman–Crippen MR) is 54.1 cm³/mol. The molecule has 0 aliphatic carbocycles. The Balaban J connectivity index is 1.69. The van der Waals surface area contributed by atoms with Crippen molar-refractivity contribution in [1.29, 1.82) is 0 Å². The molecule has 2 heterocycles. The lowest BCUT2D eigenvalue weighted by Crippen LogP contribution is -2.27. The van der Waals surface area contributed by atoms with Gasteiger partial charge in [-0.3, -0.25) is 0 Å². The van der Waals surface area contributed by atoms with Gasteiger partial charge in [0.05, 0.1) is 14.1 Å². The van der Waals surface area contributed by atoms with Gasteiger partial charge in [0.25, 0.3) is 12.7 Å². The van der Waals surface area contributed by atoms with Gasteiger partial charge in [0.1, 0.15) is 12.4 Å². The lowest BCUT2D eigenvalue weighted by atomic mass is 10.8. The van der Waals surface area contributed by atoms with Crippen LogP contribution in [-0.4, -0.2) is 22.7 Å². The first-order valence-corrected chi connectivity index (χ1v) is 5.07. The van der Waals surface area contributed by atoms with Crippen molar-refractivity contribution in [3.63, 3.8) is 0 Å². The van der Waals surface area contributed by atoms with E-state index in [2.05, 4.69) is 0 Å². The average molecular weight is 224 g/mol. The highest BCUT2D eigenvalue weighted by atomic mass is 16.7. The zero-order valence-electron chi connectivity index (χ0n) is 9.48. The van der Waals surface area contributed by atoms with Gasteiger partial charge in [-0.25, -0.2) is 9.13 Å². The quantitative estimate of drug-likeness (QED) is 0.457. The summed E-state index contributed by atoms with van der Waals surface area (Å²) in [4.78, 5) is 10.8. The summed E-state index contributed by atoms with van der Waals surface area (Å²) in [5.41, 5.74) is 0. The second-order valence-electron chi connectivity index (χ2n) is 3.54. The van der Waals surface area contributed by atoms with Crippen molar-refractivity contribution in [3.05, 3.63) is 37.4 Å². The van der Waals surface area contributed by atoms with Crippen LogP contribution in [0.2, 0.25) is 0 Å². The summed E-state index contributed by atoms with van der Waals surface area (Å²) in [7, 11) is 3.88. The van der Waals surface area contributed by atoms with Gasteiger partial charge in [-0.1, -0.05) is 9.46 Å². The van der Waals surface area contributed by atoms with Crippen LogP contribution in [0.15, 0.2) is 37.4 Å². The minimum atomic E-state index is 0.497. The second kappa shape index (κ2) is 4.69. The fourth-order valence-electron chi connectivity index (χ4n) is 1.29. The van der Waals surface area contributed by atoms with Crippen molar-refractivity contribution < 1.29 is 18.8 Å². The molecule has 0 atom stereocenters. The molecule has 0 saturated carbocycles. The van der Waals surface area contributed by atoms with E-state index >= 15 is 0 Å². The number of hydrogen-bond donors (Lipinski definition) is 0. The minimum absolute atomic E-state index is 0.497. The standard InChI is InChI=1S/C10H16N4O2/c1-11-3-5-13(9-11)15-7-8-16-14-6-4-12(2)10-14/h3-6,9-10H,7-8H2,1-2H3/q+2. The molecule has 0 bridgehead atoms. The van der Waals surface area contributed by atoms with Gasteiger partial charge in [0, 0.05) is 0 Å². The molecule has 0 N–H and O–H groups in total. The number of aromatic nitrogens is 4. The maximum Gasteiger partial charge on any atom is 0.284 e. The maximum atomic E-state index is 5.41. The third-order valence-electron chi connectivity index (χ3n) is 2.05. The Hall–Kier alpha value is -1.98. The summed E-state index contributed by atoms with van der Waals surface area (Å²) in [6.07, 6.45) is 11.2. The van der Waals surface area contributed by atoms with E-state index in [1.807, 2.05) is 60.7 Å². The second-order valence-corrected chi connectivity index (χ2v) is 3.54. The summed E-state index contributed by atoms with van der Waals surface area (Å²) in [5, 5.41) is 0. The van der Waals surface area contributed by atoms with Crippen LogP contribution < -0.4 is 18.8 Å². The Kier molecular flexibility index (Phi) is 3.09. The molecule has 0 aromatic carbocycles. The smallest absolute Gasteiger partial charge is 0.284 e. The predicted octanol–water partition coefficient (Wildman–Crippen LogP) is -1.50. The summed E-state index contributed by atoms with van der Waals surface area (Å²) < 4.78 is 7.12. The van der Waals surface area contributed by atoms with Gasteiger partial charge < -0.3 is 9.68 Å². The summed E-state index contributed by atoms with van der Waals surface area (Å²) in [6.45, 7) is 0.993. The van der Waals surface area contributed by atoms with Crippen LogP contribution in [-0.2, 0) is 14.1 Å². The van der Waals surface area contributed by atoms with Crippen LogP contribution in [0.4, 0.5) is 0 Å². The molecule has 0 unspecified atom stereocenters. The van der Waals surface area contributed by atoms with Crippen LogP contribution in [0, 0.1) is 0 Å². The van der Waals surface area contributed by atoms with E-state index in [1.54, 1.807) is 9.46 Å². The molecule has 0 aliphatic rings. The number of nitrogens with zero attached hydrogens (tertiary/aromatic N) is 4. The number of aryl methyl sites for hydroxylation is 2. The molecule has 0 saturated heterocycles. The molecular weight excluding hydrogens is 208 g/mol. The minimum Gasteiger partial charge on any atom is -0.332 e. The van der Waals surface area contributed by atoms with Gasteiger partial charge in [-0.05, 0) is 0 Å². The van der Waals surface area contributed by atoms with Crippen molar-refractivity contribution in [2.45, 2.75) is 0 Å². The van der Waals surface area contributed by atoms with Gasteiger partial charge in [-0.2, -0.15) is 0 Å². The third kappa shape index (κ3) is 2.75. The third-order valence-corrected chi connectivity index (χ3v) is 2.05. The fraction of sp³-hybridized carbons (Fsp3) is 0.400. The SMILES string of the molecule is C[n+]1ccn(OCCOn2cc[n+](C)c2)c1. The summed E-state index contributed by atoms with van der Waals surface area (Å²) in [6, 6.07) is 0. The monoisotopic (exact) mass is 224 g/mol. The molecule has 2 aromatic heterocycles. The van der Waals surface area contributed by atoms with Crippen LogP contribution in [0.3, 0.4) is 0 Å². The Bertz CT molecular complexity index is 407. The molecule has 86 valence electrons. The molecule has 6 nitrogen and oxygen atoms in total. The molecule has 6 heteroatoms.